The van der Waals surface area contributed by atoms with E-state index in [0.29, 0.717) is 5.92 Å². The number of nitrogens with zero attached hydrogens (tertiary/aromatic N) is 2. The molecule has 0 N–H and O–H groups in total. The minimum atomic E-state index is 0.220. The van der Waals surface area contributed by atoms with Crippen LogP contribution < -0.4 is 0 Å². The zero-order valence-corrected chi connectivity index (χ0v) is 21.4. The van der Waals surface area contributed by atoms with Crippen LogP contribution in [0.5, 0.6) is 0 Å². The number of aliphatic imine (C=N–C) groups is 2. The Morgan fingerprint density at radius 3 is 2.73 bits per heavy atom. The molecule has 0 aliphatic carbocycles. The summed E-state index contributed by atoms with van der Waals surface area (Å²) in [6.45, 7) is 14.7. The Morgan fingerprint density at radius 2 is 1.97 bits per heavy atom. The average Bonchev–Trinajstić information content (AvgIpc) is 2.85. The van der Waals surface area contributed by atoms with Gasteiger partial charge in [-0.05, 0) is 67.5 Å². The van der Waals surface area contributed by atoms with Gasteiger partial charge >= 0.3 is 0 Å². The SMILES string of the molecule is C=CCCC(CCC)C1=C(C=C)N=C(C)C(/C(C)=C2\C=Nc3ccc4ccccc4c3S2)S1. The highest BCUT2D eigenvalue weighted by Crippen LogP contribution is 2.47. The number of benzene rings is 2. The van der Waals surface area contributed by atoms with Crippen LogP contribution in [0, 0.1) is 5.92 Å². The minimum absolute atomic E-state index is 0.220. The number of fused-ring (bicyclic) bond motifs is 3. The second kappa shape index (κ2) is 10.8. The lowest BCUT2D eigenvalue weighted by Crippen LogP contribution is -2.23. The first-order valence-corrected chi connectivity index (χ1v) is 13.4. The van der Waals surface area contributed by atoms with Crippen molar-refractivity contribution in [2.24, 2.45) is 15.9 Å². The van der Waals surface area contributed by atoms with Crippen LogP contribution in [0.2, 0.25) is 0 Å². The minimum Gasteiger partial charge on any atom is -0.256 e. The first-order valence-electron chi connectivity index (χ1n) is 11.7. The fraction of sp³-hybridized carbons (Fsp3) is 0.310. The van der Waals surface area contributed by atoms with E-state index < -0.39 is 0 Å². The van der Waals surface area contributed by atoms with Gasteiger partial charge in [-0.1, -0.05) is 68.1 Å². The molecule has 0 spiro atoms. The lowest BCUT2D eigenvalue weighted by atomic mass is 9.96. The zero-order chi connectivity index (χ0) is 23.4. The standard InChI is InChI=1S/C29H32N2S2/c1-6-9-13-22(12-7-2)28-24(8-3)31-20(5)27(33-28)19(4)26-18-30-25-17-16-21-14-10-11-15-23(21)29(25)32-26/h6,8,10-11,14-18,22,27H,1,3,7,9,12-13H2,2,4-5H3/b26-19+. The van der Waals surface area contributed by atoms with Crippen LogP contribution in [0.1, 0.15) is 46.5 Å². The number of rotatable bonds is 8. The first kappa shape index (κ1) is 23.8. The summed E-state index contributed by atoms with van der Waals surface area (Å²) < 4.78 is 0. The number of thioether (sulfide) groups is 2. The van der Waals surface area contributed by atoms with E-state index in [9.17, 15) is 0 Å². The number of hydrogen-bond acceptors (Lipinski definition) is 4. The first-order chi connectivity index (χ1) is 16.1. The van der Waals surface area contributed by atoms with E-state index in [2.05, 4.69) is 70.3 Å². The van der Waals surface area contributed by atoms with E-state index >= 15 is 0 Å². The topological polar surface area (TPSA) is 24.7 Å². The van der Waals surface area contributed by atoms with Gasteiger partial charge in [0.25, 0.3) is 0 Å². The van der Waals surface area contributed by atoms with E-state index in [-0.39, 0.29) is 5.25 Å². The number of hydrogen-bond donors (Lipinski definition) is 0. The normalized spacial score (nSPS) is 20.3. The molecule has 0 aromatic heterocycles. The largest absolute Gasteiger partial charge is 0.256 e. The van der Waals surface area contributed by atoms with Crippen molar-refractivity contribution in [1.29, 1.82) is 0 Å². The zero-order valence-electron chi connectivity index (χ0n) is 19.8. The average molecular weight is 473 g/mol. The van der Waals surface area contributed by atoms with Gasteiger partial charge in [-0.2, -0.15) is 0 Å². The van der Waals surface area contributed by atoms with Gasteiger partial charge in [-0.3, -0.25) is 9.98 Å². The molecule has 0 bridgehead atoms. The van der Waals surface area contributed by atoms with Gasteiger partial charge in [-0.25, -0.2) is 0 Å². The maximum Gasteiger partial charge on any atom is 0.0776 e. The molecule has 2 aliphatic heterocycles. The Hall–Kier alpha value is -2.30. The smallest absolute Gasteiger partial charge is 0.0776 e. The maximum absolute atomic E-state index is 5.03. The van der Waals surface area contributed by atoms with Gasteiger partial charge in [0.2, 0.25) is 0 Å². The Bertz CT molecular complexity index is 1200. The molecular formula is C29H32N2S2. The van der Waals surface area contributed by atoms with Gasteiger partial charge in [0.15, 0.2) is 0 Å². The molecule has 2 aromatic carbocycles. The third-order valence-corrected chi connectivity index (χ3v) is 9.27. The van der Waals surface area contributed by atoms with Crippen molar-refractivity contribution in [3.05, 3.63) is 82.8 Å². The third kappa shape index (κ3) is 4.97. The van der Waals surface area contributed by atoms with Crippen molar-refractivity contribution in [3.8, 4) is 0 Å². The second-order valence-corrected chi connectivity index (χ2v) is 10.8. The van der Waals surface area contributed by atoms with Crippen molar-refractivity contribution in [1.82, 2.24) is 0 Å². The summed E-state index contributed by atoms with van der Waals surface area (Å²) in [4.78, 5) is 13.7. The molecule has 2 unspecified atom stereocenters. The molecule has 0 radical (unpaired) electrons. The van der Waals surface area contributed by atoms with E-state index in [4.69, 9.17) is 9.98 Å². The highest BCUT2D eigenvalue weighted by molar-refractivity contribution is 8.05. The van der Waals surface area contributed by atoms with E-state index in [1.165, 1.54) is 37.5 Å². The highest BCUT2D eigenvalue weighted by Gasteiger charge is 2.30. The van der Waals surface area contributed by atoms with Crippen LogP contribution in [-0.2, 0) is 0 Å². The highest BCUT2D eigenvalue weighted by atomic mass is 32.2. The summed E-state index contributed by atoms with van der Waals surface area (Å²) in [5.74, 6) is 0.500. The second-order valence-electron chi connectivity index (χ2n) is 8.60. The van der Waals surface area contributed by atoms with Crippen molar-refractivity contribution < 1.29 is 0 Å². The van der Waals surface area contributed by atoms with Gasteiger partial charge in [-0.15, -0.1) is 18.3 Å². The number of allylic oxidation sites excluding steroid dienone is 4. The summed E-state index contributed by atoms with van der Waals surface area (Å²) in [6.07, 6.45) is 10.5. The molecule has 2 nitrogen and oxygen atoms in total. The quantitative estimate of drug-likeness (QED) is 0.358. The summed E-state index contributed by atoms with van der Waals surface area (Å²) in [7, 11) is 0. The molecule has 33 heavy (non-hydrogen) atoms. The van der Waals surface area contributed by atoms with Gasteiger partial charge < -0.3 is 0 Å². The monoisotopic (exact) mass is 472 g/mol. The molecule has 2 aliphatic rings. The molecule has 0 saturated carbocycles. The van der Waals surface area contributed by atoms with Gasteiger partial charge in [0.1, 0.15) is 0 Å². The summed E-state index contributed by atoms with van der Waals surface area (Å²) >= 11 is 3.81. The molecule has 170 valence electrons. The molecule has 0 amide bonds. The van der Waals surface area contributed by atoms with Crippen LogP contribution in [0.25, 0.3) is 10.8 Å². The van der Waals surface area contributed by atoms with Gasteiger partial charge in [0, 0.05) is 26.6 Å². The van der Waals surface area contributed by atoms with Crippen molar-refractivity contribution in [2.75, 3.05) is 0 Å². The van der Waals surface area contributed by atoms with Crippen LogP contribution in [0.4, 0.5) is 5.69 Å². The van der Waals surface area contributed by atoms with E-state index in [1.807, 2.05) is 41.9 Å². The fourth-order valence-corrected chi connectivity index (χ4v) is 7.18. The summed E-state index contributed by atoms with van der Waals surface area (Å²) in [5.41, 5.74) is 4.57. The van der Waals surface area contributed by atoms with Crippen molar-refractivity contribution in [3.63, 3.8) is 0 Å². The molecule has 0 saturated heterocycles. The lowest BCUT2D eigenvalue weighted by Gasteiger charge is -2.30. The van der Waals surface area contributed by atoms with Crippen molar-refractivity contribution >= 4 is 51.9 Å². The summed E-state index contributed by atoms with van der Waals surface area (Å²) in [5, 5.41) is 2.75. The molecular weight excluding hydrogens is 440 g/mol. The predicted molar refractivity (Wildman–Crippen MR) is 150 cm³/mol. The third-order valence-electron chi connectivity index (χ3n) is 6.27. The Balaban J connectivity index is 1.69. The lowest BCUT2D eigenvalue weighted by molar-refractivity contribution is 0.532. The predicted octanol–water partition coefficient (Wildman–Crippen LogP) is 9.28. The molecule has 2 atom stereocenters. The fourth-order valence-electron chi connectivity index (χ4n) is 4.52. The van der Waals surface area contributed by atoms with Gasteiger partial charge in [0.05, 0.1) is 16.6 Å². The molecule has 0 fully saturated rings. The van der Waals surface area contributed by atoms with Crippen molar-refractivity contribution in [2.45, 2.75) is 56.6 Å². The van der Waals surface area contributed by atoms with E-state index in [1.54, 1.807) is 0 Å². The van der Waals surface area contributed by atoms with E-state index in [0.717, 1.165) is 36.4 Å². The van der Waals surface area contributed by atoms with Crippen LogP contribution >= 0.6 is 23.5 Å². The van der Waals surface area contributed by atoms with Crippen LogP contribution in [-0.4, -0.2) is 17.2 Å². The Labute approximate surface area is 206 Å². The maximum atomic E-state index is 5.03. The van der Waals surface area contributed by atoms with Crippen LogP contribution in [0.3, 0.4) is 0 Å². The Morgan fingerprint density at radius 1 is 1.15 bits per heavy atom. The summed E-state index contributed by atoms with van der Waals surface area (Å²) in [6, 6.07) is 12.9. The molecule has 2 aromatic rings. The molecule has 4 heteroatoms. The molecule has 4 rings (SSSR count). The van der Waals surface area contributed by atoms with Crippen LogP contribution in [0.15, 0.2) is 97.7 Å². The Kier molecular flexibility index (Phi) is 7.77. The molecule has 2 heterocycles.